The molecule has 0 saturated carbocycles. The van der Waals surface area contributed by atoms with Crippen LogP contribution in [0.25, 0.3) is 0 Å². The van der Waals surface area contributed by atoms with Crippen molar-refractivity contribution < 1.29 is 22.6 Å². The highest BCUT2D eigenvalue weighted by atomic mass is 127. The molecule has 0 bridgehead atoms. The Morgan fingerprint density at radius 1 is 1.20 bits per heavy atom. The summed E-state index contributed by atoms with van der Waals surface area (Å²) in [6.07, 6.45) is 0. The molecule has 0 heterocycles. The summed E-state index contributed by atoms with van der Waals surface area (Å²) in [4.78, 5) is 3.95. The van der Waals surface area contributed by atoms with Crippen LogP contribution in [0.4, 0.5) is 18.9 Å². The van der Waals surface area contributed by atoms with Crippen LogP contribution in [0, 0.1) is 5.82 Å². The first kappa shape index (κ1) is 20.9. The minimum Gasteiger partial charge on any atom is -0.497 e. The molecule has 0 amide bonds. The quantitative estimate of drug-likeness (QED) is 0.383. The molecule has 2 rings (SSSR count). The zero-order valence-electron chi connectivity index (χ0n) is 13.2. The van der Waals surface area contributed by atoms with E-state index in [1.165, 1.54) is 12.1 Å². The maximum Gasteiger partial charge on any atom is 0.387 e. The third-order valence-electron chi connectivity index (χ3n) is 3.06. The third-order valence-corrected chi connectivity index (χ3v) is 3.06. The van der Waals surface area contributed by atoms with Crippen LogP contribution in [-0.2, 0) is 6.54 Å². The molecule has 136 valence electrons. The van der Waals surface area contributed by atoms with E-state index in [2.05, 4.69) is 15.0 Å². The van der Waals surface area contributed by atoms with Crippen molar-refractivity contribution in [3.8, 4) is 11.5 Å². The molecule has 0 aliphatic rings. The van der Waals surface area contributed by atoms with E-state index in [0.717, 1.165) is 6.07 Å². The number of nitrogens with one attached hydrogen (secondary N) is 1. The van der Waals surface area contributed by atoms with Crippen LogP contribution in [-0.4, -0.2) is 19.7 Å². The van der Waals surface area contributed by atoms with E-state index >= 15 is 0 Å². The Balaban J connectivity index is 0.00000312. The predicted molar refractivity (Wildman–Crippen MR) is 100 cm³/mol. The van der Waals surface area contributed by atoms with E-state index in [1.54, 1.807) is 31.4 Å². The summed E-state index contributed by atoms with van der Waals surface area (Å²) in [7, 11) is 1.55. The van der Waals surface area contributed by atoms with Crippen molar-refractivity contribution in [1.82, 2.24) is 0 Å². The first-order chi connectivity index (χ1) is 11.5. The largest absolute Gasteiger partial charge is 0.497 e. The number of alkyl halides is 2. The van der Waals surface area contributed by atoms with E-state index in [-0.39, 0.29) is 47.8 Å². The van der Waals surface area contributed by atoms with Crippen LogP contribution < -0.4 is 20.5 Å². The van der Waals surface area contributed by atoms with Gasteiger partial charge in [-0.2, -0.15) is 8.78 Å². The number of hydrogen-bond donors (Lipinski definition) is 2. The van der Waals surface area contributed by atoms with Gasteiger partial charge in [0.1, 0.15) is 17.3 Å². The lowest BCUT2D eigenvalue weighted by molar-refractivity contribution is -0.0506. The molecule has 0 radical (unpaired) electrons. The third kappa shape index (κ3) is 6.33. The predicted octanol–water partition coefficient (Wildman–Crippen LogP) is 3.98. The van der Waals surface area contributed by atoms with Crippen LogP contribution in [0.1, 0.15) is 5.56 Å². The summed E-state index contributed by atoms with van der Waals surface area (Å²) in [5, 5.41) is 2.80. The molecule has 5 nitrogen and oxygen atoms in total. The lowest BCUT2D eigenvalue weighted by Crippen LogP contribution is -2.22. The van der Waals surface area contributed by atoms with Crippen LogP contribution in [0.2, 0.25) is 0 Å². The molecule has 3 N–H and O–H groups in total. The van der Waals surface area contributed by atoms with Crippen LogP contribution >= 0.6 is 24.0 Å². The van der Waals surface area contributed by atoms with Crippen molar-refractivity contribution in [3.63, 3.8) is 0 Å². The highest BCUT2D eigenvalue weighted by Crippen LogP contribution is 2.24. The Labute approximate surface area is 160 Å². The molecule has 0 saturated heterocycles. The minimum atomic E-state index is -3.05. The zero-order chi connectivity index (χ0) is 17.5. The molecule has 0 aliphatic heterocycles. The SMILES string of the molecule is COc1ccc(NC(N)=NCc2c(F)cccc2OC(F)F)cc1.I. The average Bonchev–Trinajstić information content (AvgIpc) is 2.54. The maximum absolute atomic E-state index is 13.8. The number of guanidine groups is 1. The molecule has 0 fully saturated rings. The summed E-state index contributed by atoms with van der Waals surface area (Å²) in [6, 6.07) is 10.5. The van der Waals surface area contributed by atoms with Gasteiger partial charge < -0.3 is 20.5 Å². The molecular formula is C16H17F3IN3O2. The van der Waals surface area contributed by atoms with E-state index in [1.807, 2.05) is 0 Å². The number of anilines is 1. The summed E-state index contributed by atoms with van der Waals surface area (Å²) >= 11 is 0. The molecule has 2 aromatic carbocycles. The minimum absolute atomic E-state index is 0. The Morgan fingerprint density at radius 3 is 2.48 bits per heavy atom. The van der Waals surface area contributed by atoms with Crippen molar-refractivity contribution in [2.75, 3.05) is 12.4 Å². The van der Waals surface area contributed by atoms with Crippen molar-refractivity contribution in [3.05, 3.63) is 53.8 Å². The smallest absolute Gasteiger partial charge is 0.387 e. The Kier molecular flexibility index (Phi) is 8.32. The van der Waals surface area contributed by atoms with Gasteiger partial charge in [0.2, 0.25) is 0 Å². The number of methoxy groups -OCH3 is 1. The second kappa shape index (κ2) is 9.97. The van der Waals surface area contributed by atoms with E-state index in [0.29, 0.717) is 11.4 Å². The molecular weight excluding hydrogens is 450 g/mol. The van der Waals surface area contributed by atoms with Gasteiger partial charge in [-0.3, -0.25) is 0 Å². The normalized spacial score (nSPS) is 11.0. The van der Waals surface area contributed by atoms with Gasteiger partial charge in [-0.05, 0) is 36.4 Å². The summed E-state index contributed by atoms with van der Waals surface area (Å²) in [5.41, 5.74) is 6.27. The maximum atomic E-state index is 13.8. The van der Waals surface area contributed by atoms with Gasteiger partial charge in [0.25, 0.3) is 0 Å². The first-order valence-corrected chi connectivity index (χ1v) is 6.93. The number of nitrogens with zero attached hydrogens (tertiary/aromatic N) is 1. The van der Waals surface area contributed by atoms with Crippen molar-refractivity contribution in [2.24, 2.45) is 10.7 Å². The Bertz CT molecular complexity index is 712. The van der Waals surface area contributed by atoms with E-state index in [4.69, 9.17) is 10.5 Å². The van der Waals surface area contributed by atoms with Crippen LogP contribution in [0.3, 0.4) is 0 Å². The number of nitrogens with two attached hydrogens (primary N) is 1. The van der Waals surface area contributed by atoms with E-state index in [9.17, 15) is 13.2 Å². The standard InChI is InChI=1S/C16H16F3N3O2.HI/c1-23-11-7-5-10(6-8-11)22-16(20)21-9-12-13(17)3-2-4-14(12)24-15(18)19;/h2-8,15H,9H2,1H3,(H3,20,21,22);1H. The average molecular weight is 467 g/mol. The topological polar surface area (TPSA) is 68.9 Å². The van der Waals surface area contributed by atoms with Crippen molar-refractivity contribution in [1.29, 1.82) is 0 Å². The molecule has 0 aromatic heterocycles. The second-order valence-corrected chi connectivity index (χ2v) is 4.65. The fraction of sp³-hybridized carbons (Fsp3) is 0.188. The number of benzene rings is 2. The number of hydrogen-bond acceptors (Lipinski definition) is 3. The van der Waals surface area contributed by atoms with Gasteiger partial charge in [0.05, 0.1) is 19.2 Å². The van der Waals surface area contributed by atoms with Gasteiger partial charge in [-0.25, -0.2) is 9.38 Å². The first-order valence-electron chi connectivity index (χ1n) is 6.93. The Hall–Kier alpha value is -2.17. The van der Waals surface area contributed by atoms with Gasteiger partial charge in [0, 0.05) is 5.69 Å². The lowest BCUT2D eigenvalue weighted by atomic mass is 10.2. The highest BCUT2D eigenvalue weighted by Gasteiger charge is 2.13. The second-order valence-electron chi connectivity index (χ2n) is 4.65. The molecule has 0 spiro atoms. The van der Waals surface area contributed by atoms with Crippen molar-refractivity contribution >= 4 is 35.6 Å². The van der Waals surface area contributed by atoms with E-state index < -0.39 is 12.4 Å². The molecule has 0 aliphatic carbocycles. The number of ether oxygens (including phenoxy) is 2. The molecule has 2 aromatic rings. The van der Waals surface area contributed by atoms with Crippen molar-refractivity contribution in [2.45, 2.75) is 13.2 Å². The van der Waals surface area contributed by atoms with Gasteiger partial charge in [-0.15, -0.1) is 24.0 Å². The van der Waals surface area contributed by atoms with Gasteiger partial charge in [0.15, 0.2) is 5.96 Å². The summed E-state index contributed by atoms with van der Waals surface area (Å²) in [6.45, 7) is -3.30. The molecule has 25 heavy (non-hydrogen) atoms. The highest BCUT2D eigenvalue weighted by molar-refractivity contribution is 14.0. The fourth-order valence-corrected chi connectivity index (χ4v) is 1.92. The van der Waals surface area contributed by atoms with Crippen LogP contribution in [0.5, 0.6) is 11.5 Å². The number of rotatable bonds is 6. The number of halogens is 4. The summed E-state index contributed by atoms with van der Waals surface area (Å²) in [5.74, 6) is -0.289. The number of aliphatic imine (C=N–C) groups is 1. The van der Waals surface area contributed by atoms with Gasteiger partial charge in [-0.1, -0.05) is 6.07 Å². The zero-order valence-corrected chi connectivity index (χ0v) is 15.5. The Morgan fingerprint density at radius 2 is 1.88 bits per heavy atom. The van der Waals surface area contributed by atoms with Gasteiger partial charge >= 0.3 is 6.61 Å². The van der Waals surface area contributed by atoms with Crippen LogP contribution in [0.15, 0.2) is 47.5 Å². The fourth-order valence-electron chi connectivity index (χ4n) is 1.92. The monoisotopic (exact) mass is 467 g/mol. The molecule has 0 unspecified atom stereocenters. The molecule has 9 heteroatoms. The summed E-state index contributed by atoms with van der Waals surface area (Å²) < 4.78 is 47.8. The molecule has 0 atom stereocenters. The lowest BCUT2D eigenvalue weighted by Gasteiger charge is -2.11.